The molecule has 0 saturated carbocycles. The maximum Gasteiger partial charge on any atom is 0.319 e. The number of urea groups is 1. The van der Waals surface area contributed by atoms with Crippen molar-refractivity contribution in [3.63, 3.8) is 0 Å². The highest BCUT2D eigenvalue weighted by Gasteiger charge is 2.26. The molecule has 0 bridgehead atoms. The molecule has 0 aromatic carbocycles. The Balaban J connectivity index is 1.90. The largest absolute Gasteiger partial charge is 0.325 e. The van der Waals surface area contributed by atoms with E-state index in [2.05, 4.69) is 18.2 Å². The molecule has 19 heavy (non-hydrogen) atoms. The molecule has 2 rings (SSSR count). The Morgan fingerprint density at radius 3 is 2.53 bits per heavy atom. The monoisotopic (exact) mass is 264 g/mol. The summed E-state index contributed by atoms with van der Waals surface area (Å²) < 4.78 is 2.04. The smallest absolute Gasteiger partial charge is 0.319 e. The minimum Gasteiger partial charge on any atom is -0.325 e. The Morgan fingerprint density at radius 1 is 1.42 bits per heavy atom. The molecule has 0 unspecified atom stereocenters. The summed E-state index contributed by atoms with van der Waals surface area (Å²) in [6.45, 7) is 7.77. The van der Waals surface area contributed by atoms with Crippen molar-refractivity contribution in [1.29, 1.82) is 0 Å². The van der Waals surface area contributed by atoms with Crippen molar-refractivity contribution < 1.29 is 4.79 Å². The van der Waals surface area contributed by atoms with E-state index in [0.717, 1.165) is 25.9 Å². The van der Waals surface area contributed by atoms with E-state index < -0.39 is 0 Å². The molecule has 106 valence electrons. The molecule has 0 atom stereocenters. The van der Waals surface area contributed by atoms with Gasteiger partial charge < -0.3 is 9.80 Å². The highest BCUT2D eigenvalue weighted by Crippen LogP contribution is 2.22. The molecule has 1 fully saturated rings. The Hall–Kier alpha value is -1.52. The van der Waals surface area contributed by atoms with Crippen LogP contribution in [0.4, 0.5) is 4.79 Å². The Kier molecular flexibility index (Phi) is 4.12. The maximum atomic E-state index is 12.2. The van der Waals surface area contributed by atoms with Gasteiger partial charge in [0.25, 0.3) is 0 Å². The van der Waals surface area contributed by atoms with Gasteiger partial charge in [0.15, 0.2) is 0 Å². The first-order chi connectivity index (χ1) is 8.99. The standard InChI is InChI=1S/C14H24N4O/c1-11(2)16(4)14(19)17-7-5-13(6-8-17)18-10-12(3)9-15-18/h9-11,13H,5-8H2,1-4H3. The van der Waals surface area contributed by atoms with Crippen molar-refractivity contribution in [2.24, 2.45) is 0 Å². The van der Waals surface area contributed by atoms with Crippen LogP contribution in [0.1, 0.15) is 38.3 Å². The predicted molar refractivity (Wildman–Crippen MR) is 75.1 cm³/mol. The van der Waals surface area contributed by atoms with E-state index in [4.69, 9.17) is 0 Å². The first-order valence-electron chi connectivity index (χ1n) is 7.01. The summed E-state index contributed by atoms with van der Waals surface area (Å²) in [5, 5.41) is 4.38. The molecule has 0 spiro atoms. The minimum absolute atomic E-state index is 0.144. The van der Waals surface area contributed by atoms with Crippen LogP contribution in [0.3, 0.4) is 0 Å². The number of likely N-dealkylation sites (tertiary alicyclic amines) is 1. The molecule has 0 N–H and O–H groups in total. The number of hydrogen-bond acceptors (Lipinski definition) is 2. The topological polar surface area (TPSA) is 41.4 Å². The first-order valence-corrected chi connectivity index (χ1v) is 7.01. The summed E-state index contributed by atoms with van der Waals surface area (Å²) in [7, 11) is 1.87. The summed E-state index contributed by atoms with van der Waals surface area (Å²) in [6.07, 6.45) is 5.95. The molecule has 1 aliphatic rings. The van der Waals surface area contributed by atoms with Crippen LogP contribution in [0.2, 0.25) is 0 Å². The van der Waals surface area contributed by atoms with Gasteiger partial charge in [-0.15, -0.1) is 0 Å². The van der Waals surface area contributed by atoms with Crippen molar-refractivity contribution >= 4 is 6.03 Å². The zero-order valence-electron chi connectivity index (χ0n) is 12.3. The molecule has 1 saturated heterocycles. The minimum atomic E-state index is 0.144. The lowest BCUT2D eigenvalue weighted by molar-refractivity contribution is 0.131. The van der Waals surface area contributed by atoms with Crippen LogP contribution in [0.15, 0.2) is 12.4 Å². The molecule has 0 aliphatic carbocycles. The second-order valence-electron chi connectivity index (χ2n) is 5.70. The van der Waals surface area contributed by atoms with Gasteiger partial charge in [0, 0.05) is 32.4 Å². The van der Waals surface area contributed by atoms with Gasteiger partial charge in [-0.1, -0.05) is 0 Å². The van der Waals surface area contributed by atoms with Gasteiger partial charge in [0.2, 0.25) is 0 Å². The SMILES string of the molecule is Cc1cnn(C2CCN(C(=O)N(C)C(C)C)CC2)c1. The number of carbonyl (C=O) groups is 1. The lowest BCUT2D eigenvalue weighted by atomic mass is 10.1. The lowest BCUT2D eigenvalue weighted by Gasteiger charge is -2.35. The van der Waals surface area contributed by atoms with Crippen molar-refractivity contribution in [3.8, 4) is 0 Å². The average molecular weight is 264 g/mol. The summed E-state index contributed by atoms with van der Waals surface area (Å²) in [4.78, 5) is 16.0. The fourth-order valence-corrected chi connectivity index (χ4v) is 2.40. The van der Waals surface area contributed by atoms with Crippen LogP contribution in [0.25, 0.3) is 0 Å². The number of rotatable bonds is 2. The number of aromatic nitrogens is 2. The number of carbonyl (C=O) groups excluding carboxylic acids is 1. The zero-order chi connectivity index (χ0) is 14.0. The summed E-state index contributed by atoms with van der Waals surface area (Å²) in [6, 6.07) is 0.825. The van der Waals surface area contributed by atoms with Crippen LogP contribution in [-0.2, 0) is 0 Å². The van der Waals surface area contributed by atoms with E-state index in [0.29, 0.717) is 6.04 Å². The summed E-state index contributed by atoms with van der Waals surface area (Å²) in [5.41, 5.74) is 1.19. The molecule has 2 amide bonds. The van der Waals surface area contributed by atoms with Gasteiger partial charge in [0.05, 0.1) is 12.2 Å². The molecule has 1 aromatic rings. The van der Waals surface area contributed by atoms with E-state index in [1.807, 2.05) is 36.7 Å². The maximum absolute atomic E-state index is 12.2. The average Bonchev–Trinajstić information content (AvgIpc) is 2.84. The fourth-order valence-electron chi connectivity index (χ4n) is 2.40. The van der Waals surface area contributed by atoms with Crippen LogP contribution in [0, 0.1) is 6.92 Å². The predicted octanol–water partition coefficient (Wildman–Crippen LogP) is 2.29. The molecule has 1 aliphatic heterocycles. The molecule has 2 heterocycles. The van der Waals surface area contributed by atoms with Crippen molar-refractivity contribution in [3.05, 3.63) is 18.0 Å². The fraction of sp³-hybridized carbons (Fsp3) is 0.714. The number of hydrogen-bond donors (Lipinski definition) is 0. The Morgan fingerprint density at radius 2 is 2.05 bits per heavy atom. The quantitative estimate of drug-likeness (QED) is 0.822. The number of amides is 2. The summed E-state index contributed by atoms with van der Waals surface area (Å²) >= 11 is 0. The van der Waals surface area contributed by atoms with Gasteiger partial charge in [0.1, 0.15) is 0 Å². The lowest BCUT2D eigenvalue weighted by Crippen LogP contribution is -2.47. The van der Waals surface area contributed by atoms with Gasteiger partial charge in [-0.3, -0.25) is 4.68 Å². The third-order valence-corrected chi connectivity index (χ3v) is 3.92. The van der Waals surface area contributed by atoms with Gasteiger partial charge in [-0.25, -0.2) is 4.79 Å². The van der Waals surface area contributed by atoms with Crippen molar-refractivity contribution in [2.45, 2.75) is 45.7 Å². The highest BCUT2D eigenvalue weighted by molar-refractivity contribution is 5.74. The van der Waals surface area contributed by atoms with Crippen LogP contribution < -0.4 is 0 Å². The molecule has 5 heteroatoms. The Bertz CT molecular complexity index is 432. The number of aryl methyl sites for hydroxylation is 1. The molecule has 1 aromatic heterocycles. The van der Waals surface area contributed by atoms with Crippen LogP contribution in [-0.4, -0.2) is 51.8 Å². The van der Waals surface area contributed by atoms with Crippen LogP contribution >= 0.6 is 0 Å². The molecular weight excluding hydrogens is 240 g/mol. The molecule has 5 nitrogen and oxygen atoms in total. The first kappa shape index (κ1) is 13.9. The number of nitrogens with zero attached hydrogens (tertiary/aromatic N) is 4. The van der Waals surface area contributed by atoms with E-state index in [1.54, 1.807) is 4.90 Å². The normalized spacial score (nSPS) is 17.0. The third kappa shape index (κ3) is 3.08. The van der Waals surface area contributed by atoms with Crippen molar-refractivity contribution in [2.75, 3.05) is 20.1 Å². The zero-order valence-corrected chi connectivity index (χ0v) is 12.3. The third-order valence-electron chi connectivity index (χ3n) is 3.92. The van der Waals surface area contributed by atoms with Gasteiger partial charge in [-0.2, -0.15) is 5.10 Å². The highest BCUT2D eigenvalue weighted by atomic mass is 16.2. The second kappa shape index (κ2) is 5.63. The van der Waals surface area contributed by atoms with E-state index in [-0.39, 0.29) is 12.1 Å². The molecular formula is C14H24N4O. The van der Waals surface area contributed by atoms with Crippen LogP contribution in [0.5, 0.6) is 0 Å². The number of piperidine rings is 1. The second-order valence-corrected chi connectivity index (χ2v) is 5.70. The summed E-state index contributed by atoms with van der Waals surface area (Å²) in [5.74, 6) is 0. The van der Waals surface area contributed by atoms with Crippen molar-refractivity contribution in [1.82, 2.24) is 19.6 Å². The van der Waals surface area contributed by atoms with E-state index >= 15 is 0 Å². The van der Waals surface area contributed by atoms with E-state index in [9.17, 15) is 4.79 Å². The van der Waals surface area contributed by atoms with E-state index in [1.165, 1.54) is 5.56 Å². The Labute approximate surface area is 115 Å². The molecule has 0 radical (unpaired) electrons. The van der Waals surface area contributed by atoms with Gasteiger partial charge in [-0.05, 0) is 39.2 Å². The van der Waals surface area contributed by atoms with Gasteiger partial charge >= 0.3 is 6.03 Å².